The third kappa shape index (κ3) is 5.66. The molecule has 0 saturated carbocycles. The van der Waals surface area contributed by atoms with E-state index in [4.69, 9.17) is 21.6 Å². The van der Waals surface area contributed by atoms with Crippen LogP contribution in [-0.2, 0) is 14.8 Å². The molecule has 0 aromatic heterocycles. The van der Waals surface area contributed by atoms with Crippen LogP contribution < -0.4 is 14.8 Å². The minimum Gasteiger partial charge on any atom is -0.495 e. The lowest BCUT2D eigenvalue weighted by Gasteiger charge is -2.14. The molecule has 7 nitrogen and oxygen atoms in total. The number of ether oxygens (including phenoxy) is 1. The second-order valence-corrected chi connectivity index (χ2v) is 8.57. The normalized spacial score (nSPS) is 11.0. The van der Waals surface area contributed by atoms with Gasteiger partial charge in [0.2, 0.25) is 5.91 Å². The summed E-state index contributed by atoms with van der Waals surface area (Å²) in [5, 5.41) is 11.7. The summed E-state index contributed by atoms with van der Waals surface area (Å²) in [6.45, 7) is 0. The molecule has 3 aromatic carbocycles. The van der Waals surface area contributed by atoms with E-state index in [0.717, 1.165) is 5.56 Å². The second kappa shape index (κ2) is 10.0. The Hall–Kier alpha value is -3.80. The van der Waals surface area contributed by atoms with E-state index in [0.29, 0.717) is 5.56 Å². The van der Waals surface area contributed by atoms with Crippen LogP contribution in [0.2, 0.25) is 5.02 Å². The molecule has 0 heterocycles. The lowest BCUT2D eigenvalue weighted by molar-refractivity contribution is -0.111. The van der Waals surface area contributed by atoms with E-state index in [1.54, 1.807) is 48.5 Å². The van der Waals surface area contributed by atoms with Crippen molar-refractivity contribution in [1.82, 2.24) is 0 Å². The molecule has 9 heteroatoms. The number of anilines is 2. The molecule has 0 bridgehead atoms. The molecule has 0 aliphatic rings. The van der Waals surface area contributed by atoms with Crippen LogP contribution in [0.3, 0.4) is 0 Å². The number of carbonyl (C=O) groups is 1. The van der Waals surface area contributed by atoms with Crippen LogP contribution in [0.1, 0.15) is 11.1 Å². The predicted octanol–water partition coefficient (Wildman–Crippen LogP) is 4.67. The maximum Gasteiger partial charge on any atom is 0.265 e. The lowest BCUT2D eigenvalue weighted by Crippen LogP contribution is -2.15. The molecule has 32 heavy (non-hydrogen) atoms. The fourth-order valence-corrected chi connectivity index (χ4v) is 4.25. The van der Waals surface area contributed by atoms with Crippen molar-refractivity contribution in [2.75, 3.05) is 17.1 Å². The number of amides is 1. The molecule has 0 aliphatic heterocycles. The Balaban J connectivity index is 1.80. The monoisotopic (exact) mass is 467 g/mol. The van der Waals surface area contributed by atoms with Gasteiger partial charge in [-0.15, -0.1) is 0 Å². The average molecular weight is 468 g/mol. The number of nitriles is 1. The summed E-state index contributed by atoms with van der Waals surface area (Å²) < 4.78 is 33.5. The zero-order valence-corrected chi connectivity index (χ0v) is 18.4. The largest absolute Gasteiger partial charge is 0.495 e. The van der Waals surface area contributed by atoms with Crippen LogP contribution in [0.15, 0.2) is 77.7 Å². The first-order valence-corrected chi connectivity index (χ1v) is 11.1. The summed E-state index contributed by atoms with van der Waals surface area (Å²) in [4.78, 5) is 12.1. The van der Waals surface area contributed by atoms with Gasteiger partial charge in [0.25, 0.3) is 10.0 Å². The van der Waals surface area contributed by atoms with E-state index in [2.05, 4.69) is 10.0 Å². The number of rotatable bonds is 7. The smallest absolute Gasteiger partial charge is 0.265 e. The zero-order chi connectivity index (χ0) is 23.1. The maximum absolute atomic E-state index is 12.9. The van der Waals surface area contributed by atoms with Gasteiger partial charge in [0.1, 0.15) is 10.6 Å². The van der Waals surface area contributed by atoms with Crippen LogP contribution >= 0.6 is 11.6 Å². The fraction of sp³-hybridized carbons (Fsp3) is 0.0435. The van der Waals surface area contributed by atoms with Crippen LogP contribution in [0.4, 0.5) is 11.4 Å². The summed E-state index contributed by atoms with van der Waals surface area (Å²) in [6.07, 6.45) is 2.89. The number of hydrogen-bond acceptors (Lipinski definition) is 5. The molecule has 0 spiro atoms. The molecule has 0 saturated heterocycles. The SMILES string of the molecule is COc1ccc(NC(=O)/C=C/c2ccc(C#N)cc2)cc1S(=O)(=O)Nc1ccccc1Cl. The molecule has 3 aromatic rings. The third-order valence-corrected chi connectivity index (χ3v) is 6.02. The van der Waals surface area contributed by atoms with Crippen molar-refractivity contribution in [2.24, 2.45) is 0 Å². The first-order chi connectivity index (χ1) is 15.3. The molecule has 0 fully saturated rings. The van der Waals surface area contributed by atoms with Crippen molar-refractivity contribution < 1.29 is 17.9 Å². The van der Waals surface area contributed by atoms with Crippen LogP contribution in [0.5, 0.6) is 5.75 Å². The van der Waals surface area contributed by atoms with Gasteiger partial charge >= 0.3 is 0 Å². The molecule has 0 radical (unpaired) electrons. The van der Waals surface area contributed by atoms with Gasteiger partial charge in [-0.3, -0.25) is 9.52 Å². The standard InChI is InChI=1S/C23H18ClN3O4S/c1-31-21-12-11-18(26-23(28)13-10-16-6-8-17(15-25)9-7-16)14-22(21)32(29,30)27-20-5-3-2-4-19(20)24/h2-14,27H,1H3,(H,26,28)/b13-10+. The topological polar surface area (TPSA) is 108 Å². The van der Waals surface area contributed by atoms with E-state index < -0.39 is 15.9 Å². The Kier molecular flexibility index (Phi) is 7.15. The van der Waals surface area contributed by atoms with Gasteiger partial charge in [0.15, 0.2) is 0 Å². The summed E-state index contributed by atoms with van der Waals surface area (Å²) >= 11 is 6.06. The summed E-state index contributed by atoms with van der Waals surface area (Å²) in [5.74, 6) is -0.349. The van der Waals surface area contributed by atoms with Crippen LogP contribution in [-0.4, -0.2) is 21.4 Å². The Morgan fingerprint density at radius 2 is 1.81 bits per heavy atom. The van der Waals surface area contributed by atoms with Gasteiger partial charge in [0.05, 0.1) is 29.5 Å². The van der Waals surface area contributed by atoms with Crippen molar-refractivity contribution in [1.29, 1.82) is 5.26 Å². The minimum absolute atomic E-state index is 0.107. The number of nitrogens with one attached hydrogen (secondary N) is 2. The first-order valence-electron chi connectivity index (χ1n) is 9.27. The van der Waals surface area contributed by atoms with Gasteiger partial charge in [-0.05, 0) is 54.1 Å². The van der Waals surface area contributed by atoms with Crippen LogP contribution in [0, 0.1) is 11.3 Å². The highest BCUT2D eigenvalue weighted by molar-refractivity contribution is 7.92. The van der Waals surface area contributed by atoms with E-state index in [9.17, 15) is 13.2 Å². The number of sulfonamides is 1. The number of hydrogen-bond donors (Lipinski definition) is 2. The van der Waals surface area contributed by atoms with Crippen molar-refractivity contribution in [3.63, 3.8) is 0 Å². The van der Waals surface area contributed by atoms with Crippen molar-refractivity contribution >= 4 is 45.0 Å². The number of methoxy groups -OCH3 is 1. The average Bonchev–Trinajstić information content (AvgIpc) is 2.79. The highest BCUT2D eigenvalue weighted by atomic mass is 35.5. The number of carbonyl (C=O) groups excluding carboxylic acids is 1. The Labute approximate surface area is 191 Å². The second-order valence-electron chi connectivity index (χ2n) is 6.51. The van der Waals surface area contributed by atoms with Crippen LogP contribution in [0.25, 0.3) is 6.08 Å². The number of benzene rings is 3. The van der Waals surface area contributed by atoms with Gasteiger partial charge in [-0.1, -0.05) is 35.9 Å². The summed E-state index contributed by atoms with van der Waals surface area (Å²) in [7, 11) is -2.70. The van der Waals surface area contributed by atoms with E-state index in [-0.39, 0.29) is 27.0 Å². The number of nitrogens with zero attached hydrogens (tertiary/aromatic N) is 1. The number of para-hydroxylation sites is 1. The molecule has 0 atom stereocenters. The van der Waals surface area contributed by atoms with E-state index in [1.807, 2.05) is 6.07 Å². The molecule has 0 unspecified atom stereocenters. The van der Waals surface area contributed by atoms with Gasteiger partial charge < -0.3 is 10.1 Å². The molecule has 1 amide bonds. The Morgan fingerprint density at radius 3 is 2.47 bits per heavy atom. The van der Waals surface area contributed by atoms with Crippen molar-refractivity contribution in [3.05, 3.63) is 89.0 Å². The molecular weight excluding hydrogens is 450 g/mol. The van der Waals surface area contributed by atoms with E-state index in [1.165, 1.54) is 37.5 Å². The Morgan fingerprint density at radius 1 is 1.09 bits per heavy atom. The fourth-order valence-electron chi connectivity index (χ4n) is 2.73. The van der Waals surface area contributed by atoms with Gasteiger partial charge in [-0.25, -0.2) is 8.42 Å². The van der Waals surface area contributed by atoms with Crippen molar-refractivity contribution in [3.8, 4) is 11.8 Å². The zero-order valence-electron chi connectivity index (χ0n) is 16.9. The van der Waals surface area contributed by atoms with Gasteiger partial charge in [0, 0.05) is 11.8 Å². The van der Waals surface area contributed by atoms with E-state index >= 15 is 0 Å². The predicted molar refractivity (Wildman–Crippen MR) is 124 cm³/mol. The van der Waals surface area contributed by atoms with Crippen molar-refractivity contribution in [2.45, 2.75) is 4.90 Å². The molecule has 162 valence electrons. The minimum atomic E-state index is -4.05. The lowest BCUT2D eigenvalue weighted by atomic mass is 10.1. The Bertz CT molecular complexity index is 1310. The number of halogens is 1. The maximum atomic E-state index is 12.9. The summed E-state index contributed by atoms with van der Waals surface area (Å²) in [6, 6.07) is 19.4. The highest BCUT2D eigenvalue weighted by Crippen LogP contribution is 2.30. The quantitative estimate of drug-likeness (QED) is 0.491. The van der Waals surface area contributed by atoms with Gasteiger partial charge in [-0.2, -0.15) is 5.26 Å². The highest BCUT2D eigenvalue weighted by Gasteiger charge is 2.21. The molecular formula is C23H18ClN3O4S. The summed E-state index contributed by atoms with van der Waals surface area (Å²) in [5.41, 5.74) is 1.74. The molecule has 0 aliphatic carbocycles. The molecule has 3 rings (SSSR count). The third-order valence-electron chi connectivity index (χ3n) is 4.31. The molecule has 2 N–H and O–H groups in total. The first kappa shape index (κ1) is 22.9.